The Hall–Kier alpha value is -4.51. The molecule has 0 bridgehead atoms. The zero-order valence-electron chi connectivity index (χ0n) is 22.7. The summed E-state index contributed by atoms with van der Waals surface area (Å²) < 4.78 is 47.8. The lowest BCUT2D eigenvalue weighted by molar-refractivity contribution is -0.727. The van der Waals surface area contributed by atoms with Gasteiger partial charge >= 0.3 is 6.18 Å². The molecule has 0 fully saturated rings. The molecular formula is C36H29F3N2+2. The van der Waals surface area contributed by atoms with Gasteiger partial charge in [0, 0.05) is 29.3 Å². The van der Waals surface area contributed by atoms with Gasteiger partial charge in [-0.2, -0.15) is 22.3 Å². The minimum atomic E-state index is -4.46. The molecule has 4 heterocycles. The standard InChI is InChI=1S/C36H29F3N2/c1-23-22-41-24(2)35-30(26-13-6-7-14-28(26)33-17-8-9-20-40(33)35)19-18-27-29(15-10-16-32(27)36(37,38)39)34(41)21-31(23)25-11-4-3-5-12-25/h3-17,20-22,30,35H,2,18-19H2,1H3/q+2. The van der Waals surface area contributed by atoms with Crippen molar-refractivity contribution in [2.24, 2.45) is 0 Å². The van der Waals surface area contributed by atoms with Crippen LogP contribution in [0.15, 0.2) is 116 Å². The second-order valence-electron chi connectivity index (χ2n) is 11.0. The van der Waals surface area contributed by atoms with Crippen molar-refractivity contribution in [2.75, 3.05) is 0 Å². The average molecular weight is 547 g/mol. The van der Waals surface area contributed by atoms with Crippen LogP contribution in [0, 0.1) is 6.92 Å². The zero-order valence-corrected chi connectivity index (χ0v) is 22.7. The molecule has 2 atom stereocenters. The predicted molar refractivity (Wildman–Crippen MR) is 155 cm³/mol. The normalized spacial score (nSPS) is 17.6. The van der Waals surface area contributed by atoms with E-state index in [1.54, 1.807) is 0 Å². The summed E-state index contributed by atoms with van der Waals surface area (Å²) in [4.78, 5) is 0. The lowest BCUT2D eigenvalue weighted by Crippen LogP contribution is -2.53. The van der Waals surface area contributed by atoms with E-state index in [2.05, 4.69) is 48.7 Å². The first-order chi connectivity index (χ1) is 19.8. The largest absolute Gasteiger partial charge is 0.416 e. The van der Waals surface area contributed by atoms with Gasteiger partial charge in [0.15, 0.2) is 12.4 Å². The number of pyridine rings is 2. The smallest absolute Gasteiger partial charge is 0.184 e. The van der Waals surface area contributed by atoms with Gasteiger partial charge in [0.1, 0.15) is 0 Å². The minimum absolute atomic E-state index is 0.0553. The van der Waals surface area contributed by atoms with Crippen LogP contribution in [-0.4, -0.2) is 0 Å². The fraction of sp³-hybridized carbons (Fsp3) is 0.167. The predicted octanol–water partition coefficient (Wildman–Crippen LogP) is 8.35. The molecule has 41 heavy (non-hydrogen) atoms. The van der Waals surface area contributed by atoms with Crippen LogP contribution in [0.4, 0.5) is 13.2 Å². The SMILES string of the molecule is C=C1C2C(CCc3c(cccc3C(F)(F)F)-c3cc(-c4ccccc4)c(C)c[n+]31)c1ccccc1-c1cccc[n+]12. The molecule has 2 aliphatic rings. The van der Waals surface area contributed by atoms with Gasteiger partial charge in [0.05, 0.1) is 17.0 Å². The Morgan fingerprint density at radius 1 is 0.780 bits per heavy atom. The summed E-state index contributed by atoms with van der Waals surface area (Å²) in [5, 5.41) is 0. The number of hydrogen-bond acceptors (Lipinski definition) is 0. The fourth-order valence-corrected chi connectivity index (χ4v) is 6.88. The van der Waals surface area contributed by atoms with E-state index in [1.165, 1.54) is 12.1 Å². The Kier molecular flexibility index (Phi) is 5.93. The maximum absolute atomic E-state index is 14.5. The molecule has 0 N–H and O–H groups in total. The van der Waals surface area contributed by atoms with E-state index in [4.69, 9.17) is 0 Å². The first-order valence-corrected chi connectivity index (χ1v) is 13.9. The zero-order chi connectivity index (χ0) is 28.3. The number of aromatic nitrogens is 2. The third-order valence-corrected chi connectivity index (χ3v) is 8.69. The highest BCUT2D eigenvalue weighted by Gasteiger charge is 2.47. The van der Waals surface area contributed by atoms with Gasteiger partial charge < -0.3 is 0 Å². The molecule has 2 aliphatic heterocycles. The Morgan fingerprint density at radius 3 is 2.32 bits per heavy atom. The third-order valence-electron chi connectivity index (χ3n) is 8.69. The number of rotatable bonds is 1. The van der Waals surface area contributed by atoms with Crippen molar-refractivity contribution in [1.82, 2.24) is 0 Å². The Morgan fingerprint density at radius 2 is 1.51 bits per heavy atom. The molecule has 3 aromatic carbocycles. The van der Waals surface area contributed by atoms with E-state index in [0.29, 0.717) is 24.0 Å². The molecule has 7 rings (SSSR count). The van der Waals surface area contributed by atoms with E-state index in [9.17, 15) is 13.2 Å². The van der Waals surface area contributed by atoms with Crippen LogP contribution >= 0.6 is 0 Å². The molecule has 0 radical (unpaired) electrons. The van der Waals surface area contributed by atoms with Crippen LogP contribution in [-0.2, 0) is 12.6 Å². The van der Waals surface area contributed by atoms with Crippen molar-refractivity contribution in [1.29, 1.82) is 0 Å². The summed E-state index contributed by atoms with van der Waals surface area (Å²) in [6.45, 7) is 6.72. The number of alkyl halides is 3. The molecule has 0 amide bonds. The van der Waals surface area contributed by atoms with Gasteiger partial charge in [-0.25, -0.2) is 0 Å². The monoisotopic (exact) mass is 546 g/mol. The van der Waals surface area contributed by atoms with Crippen molar-refractivity contribution in [3.8, 4) is 33.6 Å². The topological polar surface area (TPSA) is 7.76 Å². The summed E-state index contributed by atoms with van der Waals surface area (Å²) in [6.07, 6.45) is 0.521. The maximum atomic E-state index is 14.5. The van der Waals surface area contributed by atoms with Gasteiger partial charge in [-0.05, 0) is 72.9 Å². The molecule has 2 nitrogen and oxygen atoms in total. The summed E-state index contributed by atoms with van der Waals surface area (Å²) in [7, 11) is 0. The van der Waals surface area contributed by atoms with Crippen LogP contribution in [0.3, 0.4) is 0 Å². The number of halogens is 3. The number of benzene rings is 3. The molecule has 2 aromatic heterocycles. The minimum Gasteiger partial charge on any atom is -0.184 e. The Balaban J connectivity index is 1.55. The van der Waals surface area contributed by atoms with E-state index in [1.807, 2.05) is 71.3 Å². The van der Waals surface area contributed by atoms with Crippen LogP contribution in [0.1, 0.15) is 40.6 Å². The molecule has 0 spiro atoms. The highest BCUT2D eigenvalue weighted by atomic mass is 19.4. The number of nitrogens with zero attached hydrogens (tertiary/aromatic N) is 2. The van der Waals surface area contributed by atoms with Crippen LogP contribution in [0.5, 0.6) is 0 Å². The molecule has 5 aromatic rings. The lowest BCUT2D eigenvalue weighted by atomic mass is 9.78. The van der Waals surface area contributed by atoms with Crippen molar-refractivity contribution in [3.63, 3.8) is 0 Å². The molecule has 5 heteroatoms. The van der Waals surface area contributed by atoms with Crippen molar-refractivity contribution in [2.45, 2.75) is 37.9 Å². The van der Waals surface area contributed by atoms with Crippen molar-refractivity contribution < 1.29 is 22.3 Å². The summed E-state index contributed by atoms with van der Waals surface area (Å²) in [5.41, 5.74) is 8.33. The lowest BCUT2D eigenvalue weighted by Gasteiger charge is -2.29. The summed E-state index contributed by atoms with van der Waals surface area (Å²) >= 11 is 0. The highest BCUT2D eigenvalue weighted by molar-refractivity contribution is 5.74. The van der Waals surface area contributed by atoms with Crippen LogP contribution in [0.2, 0.25) is 0 Å². The van der Waals surface area contributed by atoms with Crippen LogP contribution < -0.4 is 9.13 Å². The van der Waals surface area contributed by atoms with Gasteiger partial charge in [-0.15, -0.1) is 0 Å². The Labute approximate surface area is 237 Å². The van der Waals surface area contributed by atoms with Gasteiger partial charge in [0.25, 0.3) is 0 Å². The van der Waals surface area contributed by atoms with Crippen LogP contribution in [0.25, 0.3) is 39.3 Å². The third kappa shape index (κ3) is 4.10. The van der Waals surface area contributed by atoms with Crippen molar-refractivity contribution >= 4 is 5.70 Å². The molecule has 202 valence electrons. The second-order valence-corrected chi connectivity index (χ2v) is 11.0. The molecular weight excluding hydrogens is 517 g/mol. The van der Waals surface area contributed by atoms with E-state index < -0.39 is 11.7 Å². The number of aryl methyl sites for hydroxylation is 1. The van der Waals surface area contributed by atoms with Crippen molar-refractivity contribution in [3.05, 3.63) is 138 Å². The fourth-order valence-electron chi connectivity index (χ4n) is 6.88. The molecule has 0 aliphatic carbocycles. The van der Waals surface area contributed by atoms with Gasteiger partial charge in [-0.1, -0.05) is 54.6 Å². The first kappa shape index (κ1) is 25.5. The highest BCUT2D eigenvalue weighted by Crippen LogP contribution is 2.46. The maximum Gasteiger partial charge on any atom is 0.416 e. The number of allylic oxidation sites excluding steroid dienone is 1. The van der Waals surface area contributed by atoms with Gasteiger partial charge in [0.2, 0.25) is 23.1 Å². The first-order valence-electron chi connectivity index (χ1n) is 13.9. The van der Waals surface area contributed by atoms with E-state index in [0.717, 1.165) is 44.9 Å². The molecule has 0 saturated carbocycles. The Bertz CT molecular complexity index is 1820. The quantitative estimate of drug-likeness (QED) is 0.187. The second kappa shape index (κ2) is 9.55. The van der Waals surface area contributed by atoms with E-state index in [-0.39, 0.29) is 12.0 Å². The molecule has 2 unspecified atom stereocenters. The summed E-state index contributed by atoms with van der Waals surface area (Å²) in [6, 6.07) is 30.9. The van der Waals surface area contributed by atoms with Gasteiger partial charge in [-0.3, -0.25) is 0 Å². The number of fused-ring (bicyclic) bond motifs is 9. The number of hydrogen-bond donors (Lipinski definition) is 0. The summed E-state index contributed by atoms with van der Waals surface area (Å²) in [5.74, 6) is -0.0553. The average Bonchev–Trinajstić information content (AvgIpc) is 3.03. The molecule has 0 saturated heterocycles. The van der Waals surface area contributed by atoms with E-state index >= 15 is 0 Å².